The second kappa shape index (κ2) is 3.35. The van der Waals surface area contributed by atoms with Crippen molar-refractivity contribution < 1.29 is 9.52 Å². The van der Waals surface area contributed by atoms with Gasteiger partial charge >= 0.3 is 0 Å². The number of aliphatic hydroxyl groups is 1. The molecule has 80 valence electrons. The highest BCUT2D eigenvalue weighted by Crippen LogP contribution is 2.30. The summed E-state index contributed by atoms with van der Waals surface area (Å²) in [6, 6.07) is 13.8. The highest BCUT2D eigenvalue weighted by molar-refractivity contribution is 6.04. The first-order valence-corrected chi connectivity index (χ1v) is 5.35. The van der Waals surface area contributed by atoms with Crippen LogP contribution in [0.3, 0.4) is 0 Å². The van der Waals surface area contributed by atoms with Crippen molar-refractivity contribution in [3.8, 4) is 0 Å². The molecule has 0 fully saturated rings. The number of furan rings is 1. The number of hydrogen-bond acceptors (Lipinski definition) is 2. The van der Waals surface area contributed by atoms with Crippen molar-refractivity contribution in [2.75, 3.05) is 0 Å². The summed E-state index contributed by atoms with van der Waals surface area (Å²) in [4.78, 5) is 0. The third kappa shape index (κ3) is 1.31. The van der Waals surface area contributed by atoms with Crippen molar-refractivity contribution in [3.05, 3.63) is 48.0 Å². The summed E-state index contributed by atoms with van der Waals surface area (Å²) in [5.74, 6) is 0. The van der Waals surface area contributed by atoms with Crippen LogP contribution in [0.2, 0.25) is 0 Å². The molecule has 1 aromatic heterocycles. The van der Waals surface area contributed by atoms with Crippen LogP contribution in [-0.2, 0) is 0 Å². The van der Waals surface area contributed by atoms with Gasteiger partial charge in [-0.2, -0.15) is 0 Å². The van der Waals surface area contributed by atoms with E-state index >= 15 is 0 Å². The lowest BCUT2D eigenvalue weighted by Crippen LogP contribution is -1.88. The van der Waals surface area contributed by atoms with Gasteiger partial charge in [-0.3, -0.25) is 0 Å². The van der Waals surface area contributed by atoms with E-state index < -0.39 is 6.10 Å². The summed E-state index contributed by atoms with van der Waals surface area (Å²) < 4.78 is 5.73. The molecule has 0 bridgehead atoms. The second-order valence-corrected chi connectivity index (χ2v) is 4.03. The predicted octanol–water partition coefficient (Wildman–Crippen LogP) is 3.64. The third-order valence-corrected chi connectivity index (χ3v) is 2.89. The molecule has 0 unspecified atom stereocenters. The van der Waals surface area contributed by atoms with Gasteiger partial charge in [0.15, 0.2) is 0 Å². The Bertz CT molecular complexity index is 650. The SMILES string of the molecule is C[C@H](O)c1ccc2c(c1)oc1ccccc12. The zero-order valence-corrected chi connectivity index (χ0v) is 8.97. The topological polar surface area (TPSA) is 33.4 Å². The minimum Gasteiger partial charge on any atom is -0.456 e. The largest absolute Gasteiger partial charge is 0.456 e. The lowest BCUT2D eigenvalue weighted by atomic mass is 10.1. The first kappa shape index (κ1) is 9.43. The fraction of sp³-hybridized carbons (Fsp3) is 0.143. The van der Waals surface area contributed by atoms with Crippen LogP contribution in [0, 0.1) is 0 Å². The Labute approximate surface area is 93.1 Å². The molecule has 0 aliphatic rings. The molecule has 1 N–H and O–H groups in total. The summed E-state index contributed by atoms with van der Waals surface area (Å²) >= 11 is 0. The number of rotatable bonds is 1. The van der Waals surface area contributed by atoms with E-state index in [9.17, 15) is 5.11 Å². The summed E-state index contributed by atoms with van der Waals surface area (Å²) in [6.07, 6.45) is -0.461. The van der Waals surface area contributed by atoms with E-state index in [0.717, 1.165) is 27.5 Å². The molecule has 0 spiro atoms. The molecule has 1 heterocycles. The smallest absolute Gasteiger partial charge is 0.135 e. The van der Waals surface area contributed by atoms with E-state index in [1.165, 1.54) is 0 Å². The van der Waals surface area contributed by atoms with Gasteiger partial charge in [0.1, 0.15) is 11.2 Å². The molecule has 3 aromatic rings. The average molecular weight is 212 g/mol. The Morgan fingerprint density at radius 2 is 1.75 bits per heavy atom. The van der Waals surface area contributed by atoms with Crippen molar-refractivity contribution in [1.29, 1.82) is 0 Å². The monoisotopic (exact) mass is 212 g/mol. The Hall–Kier alpha value is -1.80. The molecule has 16 heavy (non-hydrogen) atoms. The average Bonchev–Trinajstić information content (AvgIpc) is 2.66. The van der Waals surface area contributed by atoms with Crippen LogP contribution < -0.4 is 0 Å². The summed E-state index contributed by atoms with van der Waals surface area (Å²) in [7, 11) is 0. The second-order valence-electron chi connectivity index (χ2n) is 4.03. The van der Waals surface area contributed by atoms with E-state index in [1.807, 2.05) is 42.5 Å². The van der Waals surface area contributed by atoms with E-state index in [2.05, 4.69) is 0 Å². The third-order valence-electron chi connectivity index (χ3n) is 2.89. The molecule has 0 saturated carbocycles. The molecule has 2 nitrogen and oxygen atoms in total. The summed E-state index contributed by atoms with van der Waals surface area (Å²) in [5.41, 5.74) is 2.60. The Balaban J connectivity index is 2.37. The van der Waals surface area contributed by atoms with Gasteiger partial charge in [-0.15, -0.1) is 0 Å². The predicted molar refractivity (Wildman–Crippen MR) is 64.4 cm³/mol. The highest BCUT2D eigenvalue weighted by atomic mass is 16.3. The molecular weight excluding hydrogens is 200 g/mol. The molecule has 0 saturated heterocycles. The van der Waals surface area contributed by atoms with Gasteiger partial charge in [-0.25, -0.2) is 0 Å². The van der Waals surface area contributed by atoms with Crippen molar-refractivity contribution in [3.63, 3.8) is 0 Å². The van der Waals surface area contributed by atoms with E-state index in [4.69, 9.17) is 4.42 Å². The Morgan fingerprint density at radius 3 is 2.56 bits per heavy atom. The lowest BCUT2D eigenvalue weighted by Gasteiger charge is -2.02. The van der Waals surface area contributed by atoms with E-state index in [-0.39, 0.29) is 0 Å². The maximum atomic E-state index is 9.52. The quantitative estimate of drug-likeness (QED) is 0.668. The van der Waals surface area contributed by atoms with Crippen LogP contribution in [0.1, 0.15) is 18.6 Å². The fourth-order valence-electron chi connectivity index (χ4n) is 2.00. The molecule has 1 atom stereocenters. The van der Waals surface area contributed by atoms with Crippen molar-refractivity contribution in [1.82, 2.24) is 0 Å². The first-order valence-electron chi connectivity index (χ1n) is 5.35. The molecule has 0 aliphatic carbocycles. The van der Waals surface area contributed by atoms with Crippen LogP contribution in [-0.4, -0.2) is 5.11 Å². The van der Waals surface area contributed by atoms with Crippen LogP contribution in [0.4, 0.5) is 0 Å². The maximum absolute atomic E-state index is 9.52. The molecule has 3 rings (SSSR count). The molecule has 0 amide bonds. The number of hydrogen-bond donors (Lipinski definition) is 1. The fourth-order valence-corrected chi connectivity index (χ4v) is 2.00. The molecule has 2 heteroatoms. The lowest BCUT2D eigenvalue weighted by molar-refractivity contribution is 0.199. The number of benzene rings is 2. The van der Waals surface area contributed by atoms with Gasteiger partial charge in [0, 0.05) is 10.8 Å². The highest BCUT2D eigenvalue weighted by Gasteiger charge is 2.08. The van der Waals surface area contributed by atoms with Crippen LogP contribution in [0.15, 0.2) is 46.9 Å². The van der Waals surface area contributed by atoms with Crippen LogP contribution in [0.25, 0.3) is 21.9 Å². The van der Waals surface area contributed by atoms with Gasteiger partial charge in [-0.1, -0.05) is 30.3 Å². The van der Waals surface area contributed by atoms with Crippen LogP contribution in [0.5, 0.6) is 0 Å². The molecular formula is C14H12O2. The summed E-state index contributed by atoms with van der Waals surface area (Å²) in [6.45, 7) is 1.75. The van der Waals surface area contributed by atoms with Gasteiger partial charge in [-0.05, 0) is 24.6 Å². The van der Waals surface area contributed by atoms with Gasteiger partial charge in [0.05, 0.1) is 6.10 Å². The minimum atomic E-state index is -0.461. The maximum Gasteiger partial charge on any atom is 0.135 e. The van der Waals surface area contributed by atoms with E-state index in [1.54, 1.807) is 6.92 Å². The zero-order chi connectivity index (χ0) is 11.1. The number of para-hydroxylation sites is 1. The van der Waals surface area contributed by atoms with Crippen molar-refractivity contribution in [2.24, 2.45) is 0 Å². The van der Waals surface area contributed by atoms with Crippen molar-refractivity contribution in [2.45, 2.75) is 13.0 Å². The summed E-state index contributed by atoms with van der Waals surface area (Å²) in [5, 5.41) is 11.7. The van der Waals surface area contributed by atoms with Gasteiger partial charge in [0.2, 0.25) is 0 Å². The molecule has 2 aromatic carbocycles. The Morgan fingerprint density at radius 1 is 1.00 bits per heavy atom. The van der Waals surface area contributed by atoms with E-state index in [0.29, 0.717) is 0 Å². The Kier molecular flexibility index (Phi) is 1.98. The zero-order valence-electron chi connectivity index (χ0n) is 8.97. The minimum absolute atomic E-state index is 0.461. The van der Waals surface area contributed by atoms with Gasteiger partial charge in [0.25, 0.3) is 0 Å². The number of aliphatic hydroxyl groups excluding tert-OH is 1. The molecule has 0 aliphatic heterocycles. The standard InChI is InChI=1S/C14H12O2/c1-9(15)10-6-7-12-11-4-2-3-5-13(11)16-14(12)8-10/h2-9,15H,1H3/t9-/m0/s1. The number of fused-ring (bicyclic) bond motifs is 3. The van der Waals surface area contributed by atoms with Crippen molar-refractivity contribution >= 4 is 21.9 Å². The first-order chi connectivity index (χ1) is 7.75. The van der Waals surface area contributed by atoms with Crippen LogP contribution >= 0.6 is 0 Å². The molecule has 0 radical (unpaired) electrons. The normalized spacial score (nSPS) is 13.4. The van der Waals surface area contributed by atoms with Gasteiger partial charge < -0.3 is 9.52 Å².